The zero-order valence-corrected chi connectivity index (χ0v) is 16.4. The lowest BCUT2D eigenvalue weighted by molar-refractivity contribution is 0.0476. The number of amides is 1. The number of nitrogens with one attached hydrogen (secondary N) is 2. The fourth-order valence-corrected chi connectivity index (χ4v) is 1.35. The van der Waals surface area contributed by atoms with Crippen molar-refractivity contribution in [3.05, 3.63) is 0 Å². The number of unbranched alkanes of at least 4 members (excludes halogenated alkanes) is 1. The van der Waals surface area contributed by atoms with Crippen LogP contribution in [0.1, 0.15) is 54.4 Å². The fraction of sp³-hybridized carbons (Fsp3) is 0.857. The van der Waals surface area contributed by atoms with Gasteiger partial charge in [0, 0.05) is 6.54 Å². The number of nitrogens with two attached hydrogens (primary N) is 1. The standard InChI is InChI=1S/C14H30N4O2.HI/c1-7-8-9-16-11(15)17-10-14(5,6)18-12(19)20-13(2,3)4;/h7-10H2,1-6H3,(H,18,19)(H3,15,16,17);1H. The summed E-state index contributed by atoms with van der Waals surface area (Å²) in [5.74, 6) is 0.400. The molecule has 0 aromatic carbocycles. The predicted octanol–water partition coefficient (Wildman–Crippen LogP) is 2.61. The first kappa shape index (κ1) is 22.5. The molecule has 4 N–H and O–H groups in total. The molecular formula is C14H31IN4O2. The van der Waals surface area contributed by atoms with E-state index < -0.39 is 17.2 Å². The summed E-state index contributed by atoms with van der Waals surface area (Å²) >= 11 is 0. The van der Waals surface area contributed by atoms with Crippen molar-refractivity contribution >= 4 is 36.0 Å². The normalized spacial score (nSPS) is 12.4. The molecule has 0 aromatic rings. The highest BCUT2D eigenvalue weighted by molar-refractivity contribution is 14.0. The smallest absolute Gasteiger partial charge is 0.408 e. The monoisotopic (exact) mass is 414 g/mol. The number of guanidine groups is 1. The predicted molar refractivity (Wildman–Crippen MR) is 98.3 cm³/mol. The third-order valence-electron chi connectivity index (χ3n) is 2.32. The Bertz CT molecular complexity index is 338. The Labute approximate surface area is 145 Å². The molecule has 6 nitrogen and oxygen atoms in total. The van der Waals surface area contributed by atoms with E-state index in [2.05, 4.69) is 22.5 Å². The molecule has 0 aliphatic heterocycles. The lowest BCUT2D eigenvalue weighted by atomic mass is 10.1. The van der Waals surface area contributed by atoms with Crippen LogP contribution < -0.4 is 16.4 Å². The molecule has 21 heavy (non-hydrogen) atoms. The molecule has 0 radical (unpaired) electrons. The first-order valence-corrected chi connectivity index (χ1v) is 7.11. The number of rotatable bonds is 6. The minimum atomic E-state index is -0.514. The Morgan fingerprint density at radius 2 is 1.81 bits per heavy atom. The van der Waals surface area contributed by atoms with Crippen LogP contribution in [0.3, 0.4) is 0 Å². The Balaban J connectivity index is 0. The maximum atomic E-state index is 11.7. The molecule has 0 aliphatic carbocycles. The van der Waals surface area contributed by atoms with Crippen LogP contribution in [0.25, 0.3) is 0 Å². The lowest BCUT2D eigenvalue weighted by Gasteiger charge is -2.27. The van der Waals surface area contributed by atoms with Gasteiger partial charge in [-0.2, -0.15) is 0 Å². The summed E-state index contributed by atoms with van der Waals surface area (Å²) in [5, 5.41) is 5.82. The summed E-state index contributed by atoms with van der Waals surface area (Å²) in [7, 11) is 0. The molecule has 0 aromatic heterocycles. The van der Waals surface area contributed by atoms with Crippen LogP contribution in [-0.2, 0) is 4.74 Å². The SMILES string of the molecule is CCCCNC(N)=NCC(C)(C)NC(=O)OC(C)(C)C.I. The van der Waals surface area contributed by atoms with Crippen LogP contribution >= 0.6 is 24.0 Å². The number of carbonyl (C=O) groups is 1. The van der Waals surface area contributed by atoms with Gasteiger partial charge in [-0.25, -0.2) is 4.79 Å². The Morgan fingerprint density at radius 3 is 2.29 bits per heavy atom. The van der Waals surface area contributed by atoms with Crippen molar-refractivity contribution in [3.63, 3.8) is 0 Å². The van der Waals surface area contributed by atoms with E-state index in [1.807, 2.05) is 34.6 Å². The minimum Gasteiger partial charge on any atom is -0.444 e. The van der Waals surface area contributed by atoms with E-state index in [0.717, 1.165) is 19.4 Å². The van der Waals surface area contributed by atoms with E-state index in [4.69, 9.17) is 10.5 Å². The number of nitrogens with zero attached hydrogens (tertiary/aromatic N) is 1. The highest BCUT2D eigenvalue weighted by atomic mass is 127. The second-order valence-electron chi connectivity index (χ2n) is 6.49. The summed E-state index contributed by atoms with van der Waals surface area (Å²) in [4.78, 5) is 15.9. The van der Waals surface area contributed by atoms with E-state index in [-0.39, 0.29) is 24.0 Å². The van der Waals surface area contributed by atoms with Crippen LogP contribution in [0, 0.1) is 0 Å². The van der Waals surface area contributed by atoms with E-state index >= 15 is 0 Å². The van der Waals surface area contributed by atoms with Gasteiger partial charge in [-0.1, -0.05) is 13.3 Å². The molecule has 0 bridgehead atoms. The van der Waals surface area contributed by atoms with Crippen molar-refractivity contribution in [2.24, 2.45) is 10.7 Å². The zero-order valence-electron chi connectivity index (χ0n) is 14.1. The van der Waals surface area contributed by atoms with Crippen LogP contribution in [0.5, 0.6) is 0 Å². The van der Waals surface area contributed by atoms with Crippen molar-refractivity contribution in [2.45, 2.75) is 65.5 Å². The average molecular weight is 414 g/mol. The van der Waals surface area contributed by atoms with Crippen molar-refractivity contribution < 1.29 is 9.53 Å². The molecule has 0 rings (SSSR count). The Kier molecular flexibility index (Phi) is 10.8. The largest absolute Gasteiger partial charge is 0.444 e. The summed E-state index contributed by atoms with van der Waals surface area (Å²) in [6.07, 6.45) is 1.71. The maximum absolute atomic E-state index is 11.7. The van der Waals surface area contributed by atoms with Gasteiger partial charge in [0.25, 0.3) is 0 Å². The van der Waals surface area contributed by atoms with E-state index in [0.29, 0.717) is 12.5 Å². The molecule has 0 atom stereocenters. The number of aliphatic imine (C=N–C) groups is 1. The van der Waals surface area contributed by atoms with Gasteiger partial charge >= 0.3 is 6.09 Å². The van der Waals surface area contributed by atoms with E-state index in [1.165, 1.54) is 0 Å². The van der Waals surface area contributed by atoms with Crippen LogP contribution in [0.2, 0.25) is 0 Å². The van der Waals surface area contributed by atoms with Crippen molar-refractivity contribution in [3.8, 4) is 0 Å². The molecule has 0 spiro atoms. The van der Waals surface area contributed by atoms with Gasteiger partial charge in [-0.15, -0.1) is 24.0 Å². The first-order chi connectivity index (χ1) is 9.06. The first-order valence-electron chi connectivity index (χ1n) is 7.11. The zero-order chi connectivity index (χ0) is 15.8. The molecule has 126 valence electrons. The van der Waals surface area contributed by atoms with Gasteiger partial charge in [0.15, 0.2) is 5.96 Å². The van der Waals surface area contributed by atoms with Gasteiger partial charge in [-0.05, 0) is 41.0 Å². The average Bonchev–Trinajstić information content (AvgIpc) is 2.23. The molecule has 0 heterocycles. The highest BCUT2D eigenvalue weighted by Crippen LogP contribution is 2.09. The maximum Gasteiger partial charge on any atom is 0.408 e. The van der Waals surface area contributed by atoms with Gasteiger partial charge in [0.2, 0.25) is 0 Å². The Hall–Kier alpha value is -0.730. The fourth-order valence-electron chi connectivity index (χ4n) is 1.35. The van der Waals surface area contributed by atoms with Crippen LogP contribution in [0.4, 0.5) is 4.79 Å². The third-order valence-corrected chi connectivity index (χ3v) is 2.32. The van der Waals surface area contributed by atoms with Crippen molar-refractivity contribution in [2.75, 3.05) is 13.1 Å². The molecule has 0 unspecified atom stereocenters. The number of alkyl carbamates (subject to hydrolysis) is 1. The van der Waals surface area contributed by atoms with Crippen molar-refractivity contribution in [1.29, 1.82) is 0 Å². The quantitative estimate of drug-likeness (QED) is 0.270. The van der Waals surface area contributed by atoms with Gasteiger partial charge in [0.1, 0.15) is 5.60 Å². The molecule has 0 aliphatic rings. The number of halogens is 1. The Morgan fingerprint density at radius 1 is 1.24 bits per heavy atom. The number of hydrogen-bond acceptors (Lipinski definition) is 3. The molecule has 0 saturated carbocycles. The number of hydrogen-bond donors (Lipinski definition) is 3. The second kappa shape index (κ2) is 10.1. The second-order valence-corrected chi connectivity index (χ2v) is 6.49. The summed E-state index contributed by atoms with van der Waals surface area (Å²) in [6, 6.07) is 0. The summed E-state index contributed by atoms with van der Waals surface area (Å²) in [5.41, 5.74) is 4.72. The third kappa shape index (κ3) is 14.0. The van der Waals surface area contributed by atoms with Crippen LogP contribution in [-0.4, -0.2) is 36.3 Å². The molecule has 7 heteroatoms. The highest BCUT2D eigenvalue weighted by Gasteiger charge is 2.24. The van der Waals surface area contributed by atoms with Gasteiger partial charge in [-0.3, -0.25) is 4.99 Å². The summed E-state index contributed by atoms with van der Waals surface area (Å²) < 4.78 is 5.21. The molecule has 0 fully saturated rings. The molecular weight excluding hydrogens is 383 g/mol. The minimum absolute atomic E-state index is 0. The topological polar surface area (TPSA) is 88.7 Å². The van der Waals surface area contributed by atoms with Gasteiger partial charge < -0.3 is 21.1 Å². The molecule has 0 saturated heterocycles. The molecule has 1 amide bonds. The lowest BCUT2D eigenvalue weighted by Crippen LogP contribution is -2.48. The summed E-state index contributed by atoms with van der Waals surface area (Å²) in [6.45, 7) is 12.5. The van der Waals surface area contributed by atoms with E-state index in [1.54, 1.807) is 0 Å². The van der Waals surface area contributed by atoms with Crippen molar-refractivity contribution in [1.82, 2.24) is 10.6 Å². The number of carbonyl (C=O) groups excluding carboxylic acids is 1. The number of ether oxygens (including phenoxy) is 1. The van der Waals surface area contributed by atoms with Gasteiger partial charge in [0.05, 0.1) is 12.1 Å². The van der Waals surface area contributed by atoms with E-state index in [9.17, 15) is 4.79 Å². The van der Waals surface area contributed by atoms with Crippen LogP contribution in [0.15, 0.2) is 4.99 Å².